The van der Waals surface area contributed by atoms with Gasteiger partial charge >= 0.3 is 0 Å². The smallest absolute Gasteiger partial charge is 0.210 e. The quantitative estimate of drug-likeness (QED) is 0.849. The van der Waals surface area contributed by atoms with Crippen molar-refractivity contribution in [2.45, 2.75) is 18.7 Å². The number of sulfonamides is 1. The van der Waals surface area contributed by atoms with Gasteiger partial charge < -0.3 is 0 Å². The fourth-order valence-electron chi connectivity index (χ4n) is 1.11. The van der Waals surface area contributed by atoms with E-state index in [-0.39, 0.29) is 12.4 Å². The molecule has 0 saturated heterocycles. The molecule has 0 unspecified atom stereocenters. The van der Waals surface area contributed by atoms with E-state index in [1.807, 2.05) is 0 Å². The molecule has 0 amide bonds. The summed E-state index contributed by atoms with van der Waals surface area (Å²) in [4.78, 5) is -0.575. The molecule has 0 bridgehead atoms. The summed E-state index contributed by atoms with van der Waals surface area (Å²) in [5.74, 6) is -1.69. The van der Waals surface area contributed by atoms with Gasteiger partial charge in [-0.15, -0.1) is 11.6 Å². The van der Waals surface area contributed by atoms with Crippen LogP contribution in [-0.2, 0) is 10.0 Å². The van der Waals surface area contributed by atoms with E-state index in [0.29, 0.717) is 6.07 Å². The third-order valence-corrected chi connectivity index (χ3v) is 4.44. The lowest BCUT2D eigenvalue weighted by molar-refractivity contribution is 0.413. The van der Waals surface area contributed by atoms with E-state index in [0.717, 1.165) is 12.1 Å². The molecule has 0 atom stereocenters. The second-order valence-corrected chi connectivity index (χ2v) is 6.70. The van der Waals surface area contributed by atoms with Crippen molar-refractivity contribution in [3.05, 3.63) is 29.8 Å². The Hall–Kier alpha value is -0.720. The molecule has 0 aliphatic carbocycles. The molecule has 1 aromatic carbocycles. The lowest BCUT2D eigenvalue weighted by Gasteiger charge is -2.21. The van der Waals surface area contributed by atoms with Crippen molar-refractivity contribution in [2.75, 3.05) is 12.4 Å². The Morgan fingerprint density at radius 2 is 1.94 bits per heavy atom. The van der Waals surface area contributed by atoms with E-state index in [2.05, 4.69) is 4.72 Å². The molecule has 0 saturated carbocycles. The van der Waals surface area contributed by atoms with Crippen LogP contribution in [0.3, 0.4) is 0 Å². The summed E-state index contributed by atoms with van der Waals surface area (Å²) in [5.41, 5.74) is -0.453. The van der Waals surface area contributed by atoms with Crippen LogP contribution < -0.4 is 4.72 Å². The molecule has 0 spiro atoms. The molecule has 0 aliphatic rings. The van der Waals surface area contributed by atoms with Gasteiger partial charge in [0.05, 0.1) is 0 Å². The van der Waals surface area contributed by atoms with Gasteiger partial charge in [-0.2, -0.15) is 0 Å². The lowest BCUT2D eigenvalue weighted by atomic mass is 9.97. The van der Waals surface area contributed by atoms with Crippen molar-refractivity contribution in [3.8, 4) is 0 Å². The minimum Gasteiger partial charge on any atom is -0.210 e. The van der Waals surface area contributed by atoms with E-state index < -0.39 is 32.0 Å². The number of rotatable bonds is 5. The maximum absolute atomic E-state index is 13.4. The van der Waals surface area contributed by atoms with Gasteiger partial charge in [-0.05, 0) is 17.5 Å². The first-order valence-corrected chi connectivity index (χ1v) is 7.20. The van der Waals surface area contributed by atoms with Gasteiger partial charge in [-0.1, -0.05) is 13.8 Å². The Kier molecular flexibility index (Phi) is 4.69. The molecule has 0 fully saturated rings. The summed E-state index contributed by atoms with van der Waals surface area (Å²) in [6.45, 7) is 3.60. The van der Waals surface area contributed by atoms with Crippen LogP contribution in [0.15, 0.2) is 23.1 Å². The highest BCUT2D eigenvalue weighted by Crippen LogP contribution is 2.19. The molecular weight excluding hydrogens is 284 g/mol. The van der Waals surface area contributed by atoms with Crippen molar-refractivity contribution < 1.29 is 17.2 Å². The highest BCUT2D eigenvalue weighted by atomic mass is 35.5. The third-order valence-electron chi connectivity index (χ3n) is 2.29. The van der Waals surface area contributed by atoms with E-state index in [1.165, 1.54) is 0 Å². The molecule has 0 radical (unpaired) electrons. The maximum Gasteiger partial charge on any atom is 0.243 e. The predicted octanol–water partition coefficient (Wildman–Crippen LogP) is 2.51. The van der Waals surface area contributed by atoms with Crippen LogP contribution in [0.2, 0.25) is 0 Å². The summed E-state index contributed by atoms with van der Waals surface area (Å²) in [6.07, 6.45) is 0. The molecular formula is C11H14ClF2NO2S. The van der Waals surface area contributed by atoms with Gasteiger partial charge in [0.15, 0.2) is 0 Å². The van der Waals surface area contributed by atoms with Crippen LogP contribution in [0.1, 0.15) is 13.8 Å². The number of alkyl halides is 1. The average Bonchev–Trinajstić information content (AvgIpc) is 2.26. The minimum atomic E-state index is -4.00. The third kappa shape index (κ3) is 3.90. The molecule has 0 aromatic heterocycles. The molecule has 18 heavy (non-hydrogen) atoms. The Bertz CT molecular complexity index is 532. The van der Waals surface area contributed by atoms with E-state index in [1.54, 1.807) is 13.8 Å². The molecule has 0 aliphatic heterocycles. The van der Waals surface area contributed by atoms with E-state index in [9.17, 15) is 17.2 Å². The zero-order valence-corrected chi connectivity index (χ0v) is 11.6. The summed E-state index contributed by atoms with van der Waals surface area (Å²) in [5, 5.41) is 0. The SMILES string of the molecule is CC(C)(CCl)CNS(=O)(=O)c1ccc(F)cc1F. The van der Waals surface area contributed by atoms with Gasteiger partial charge in [0.2, 0.25) is 10.0 Å². The van der Waals surface area contributed by atoms with Gasteiger partial charge in [-0.25, -0.2) is 21.9 Å². The molecule has 1 aromatic rings. The number of benzene rings is 1. The van der Waals surface area contributed by atoms with Crippen LogP contribution in [0.4, 0.5) is 8.78 Å². The number of nitrogens with one attached hydrogen (secondary N) is 1. The normalized spacial score (nSPS) is 12.7. The molecule has 1 N–H and O–H groups in total. The minimum absolute atomic E-state index is 0.0651. The fourth-order valence-corrected chi connectivity index (χ4v) is 2.50. The summed E-state index contributed by atoms with van der Waals surface area (Å²) >= 11 is 5.66. The maximum atomic E-state index is 13.4. The molecule has 1 rings (SSSR count). The largest absolute Gasteiger partial charge is 0.243 e. The van der Waals surface area contributed by atoms with Crippen LogP contribution >= 0.6 is 11.6 Å². The van der Waals surface area contributed by atoms with Crippen LogP contribution in [-0.4, -0.2) is 20.8 Å². The number of hydrogen-bond donors (Lipinski definition) is 1. The molecule has 3 nitrogen and oxygen atoms in total. The van der Waals surface area contributed by atoms with Gasteiger partial charge in [0, 0.05) is 18.5 Å². The van der Waals surface area contributed by atoms with Crippen LogP contribution in [0.5, 0.6) is 0 Å². The zero-order valence-electron chi connectivity index (χ0n) is 10.0. The first kappa shape index (κ1) is 15.3. The second-order valence-electron chi connectivity index (χ2n) is 4.70. The van der Waals surface area contributed by atoms with Crippen LogP contribution in [0.25, 0.3) is 0 Å². The standard InChI is InChI=1S/C11H14ClF2NO2S/c1-11(2,6-12)7-15-18(16,17)10-4-3-8(13)5-9(10)14/h3-5,15H,6-7H2,1-2H3. The van der Waals surface area contributed by atoms with Crippen molar-refractivity contribution in [2.24, 2.45) is 5.41 Å². The predicted molar refractivity (Wildman–Crippen MR) is 66.0 cm³/mol. The topological polar surface area (TPSA) is 46.2 Å². The summed E-state index contributed by atoms with van der Waals surface area (Å²) in [6, 6.07) is 2.31. The average molecular weight is 298 g/mol. The fraction of sp³-hybridized carbons (Fsp3) is 0.455. The van der Waals surface area contributed by atoms with Gasteiger partial charge in [0.1, 0.15) is 16.5 Å². The summed E-state index contributed by atoms with van der Waals surface area (Å²) in [7, 11) is -4.00. The highest BCUT2D eigenvalue weighted by molar-refractivity contribution is 7.89. The Morgan fingerprint density at radius 1 is 1.33 bits per heavy atom. The van der Waals surface area contributed by atoms with Crippen LogP contribution in [0, 0.1) is 17.0 Å². The lowest BCUT2D eigenvalue weighted by Crippen LogP contribution is -2.35. The number of halogens is 3. The summed E-state index contributed by atoms with van der Waals surface area (Å²) < 4.78 is 51.9. The van der Waals surface area contributed by atoms with Gasteiger partial charge in [-0.3, -0.25) is 0 Å². The van der Waals surface area contributed by atoms with Gasteiger partial charge in [0.25, 0.3) is 0 Å². The van der Waals surface area contributed by atoms with E-state index >= 15 is 0 Å². The monoisotopic (exact) mass is 297 g/mol. The molecule has 0 heterocycles. The van der Waals surface area contributed by atoms with Crippen molar-refractivity contribution in [3.63, 3.8) is 0 Å². The Balaban J connectivity index is 2.94. The molecule has 7 heteroatoms. The van der Waals surface area contributed by atoms with Crippen molar-refractivity contribution in [1.82, 2.24) is 4.72 Å². The molecule has 102 valence electrons. The zero-order chi connectivity index (χ0) is 14.0. The van der Waals surface area contributed by atoms with Crippen molar-refractivity contribution >= 4 is 21.6 Å². The van der Waals surface area contributed by atoms with Crippen molar-refractivity contribution in [1.29, 1.82) is 0 Å². The highest BCUT2D eigenvalue weighted by Gasteiger charge is 2.24. The Labute approximate surface area is 110 Å². The first-order chi connectivity index (χ1) is 8.18. The first-order valence-electron chi connectivity index (χ1n) is 5.19. The second kappa shape index (κ2) is 5.50. The Morgan fingerprint density at radius 3 is 2.44 bits per heavy atom. The van der Waals surface area contributed by atoms with E-state index in [4.69, 9.17) is 11.6 Å². The number of hydrogen-bond acceptors (Lipinski definition) is 2.